The van der Waals surface area contributed by atoms with Gasteiger partial charge in [0.05, 0.1) is 0 Å². The maximum absolute atomic E-state index is 15.3. The largest absolute Gasteiger partial charge is 0.444 e. The molecule has 0 aliphatic carbocycles. The van der Waals surface area contributed by atoms with Crippen LogP contribution in [0.3, 0.4) is 0 Å². The number of aliphatic hydroxyl groups is 1. The van der Waals surface area contributed by atoms with E-state index in [0.29, 0.717) is 36.6 Å². The highest BCUT2D eigenvalue weighted by molar-refractivity contribution is 5.88. The van der Waals surface area contributed by atoms with Crippen molar-refractivity contribution < 1.29 is 19.0 Å². The summed E-state index contributed by atoms with van der Waals surface area (Å²) < 4.78 is 23.8. The highest BCUT2D eigenvalue weighted by Gasteiger charge is 2.37. The number of aryl methyl sites for hydroxylation is 2. The second-order valence-corrected chi connectivity index (χ2v) is 9.11. The van der Waals surface area contributed by atoms with Gasteiger partial charge in [-0.3, -0.25) is 9.36 Å². The fourth-order valence-corrected chi connectivity index (χ4v) is 4.17. The van der Waals surface area contributed by atoms with E-state index in [1.54, 1.807) is 14.4 Å². The van der Waals surface area contributed by atoms with Crippen LogP contribution in [0.25, 0.3) is 11.2 Å². The van der Waals surface area contributed by atoms with Crippen LogP contribution in [0.15, 0.2) is 4.79 Å². The number of fused-ring (bicyclic) bond motifs is 1. The lowest BCUT2D eigenvalue weighted by Crippen LogP contribution is -2.59. The Morgan fingerprint density at radius 3 is 2.45 bits per heavy atom. The predicted molar refractivity (Wildman–Crippen MR) is 116 cm³/mol. The van der Waals surface area contributed by atoms with Crippen LogP contribution >= 0.6 is 0 Å². The normalized spacial score (nSPS) is 19.9. The van der Waals surface area contributed by atoms with Gasteiger partial charge in [0.2, 0.25) is 5.82 Å². The summed E-state index contributed by atoms with van der Waals surface area (Å²) in [6.07, 6.45) is -0.418. The molecular weight excluding hydrogens is 405 g/mol. The van der Waals surface area contributed by atoms with E-state index in [0.717, 1.165) is 0 Å². The number of aromatic nitrogens is 3. The van der Waals surface area contributed by atoms with E-state index in [1.165, 1.54) is 11.6 Å². The highest BCUT2D eigenvalue weighted by atomic mass is 19.1. The molecule has 1 aliphatic heterocycles. The Morgan fingerprint density at radius 2 is 1.90 bits per heavy atom. The minimum atomic E-state index is -0.884. The van der Waals surface area contributed by atoms with Crippen LogP contribution in [0.5, 0.6) is 0 Å². The van der Waals surface area contributed by atoms with Crippen molar-refractivity contribution >= 4 is 22.9 Å². The minimum Gasteiger partial charge on any atom is -0.444 e. The first kappa shape index (κ1) is 23.1. The second kappa shape index (κ2) is 8.14. The summed E-state index contributed by atoms with van der Waals surface area (Å²) in [6, 6.07) is -0.548. The van der Waals surface area contributed by atoms with E-state index in [9.17, 15) is 14.7 Å². The number of carbonyl (C=O) groups excluding carboxylic acids is 1. The molecule has 9 nitrogen and oxygen atoms in total. The van der Waals surface area contributed by atoms with Gasteiger partial charge in [0.15, 0.2) is 0 Å². The summed E-state index contributed by atoms with van der Waals surface area (Å²) in [5.41, 5.74) is -0.466. The first-order valence-electron chi connectivity index (χ1n) is 10.6. The van der Waals surface area contributed by atoms with Gasteiger partial charge < -0.3 is 24.2 Å². The molecule has 0 aromatic carbocycles. The van der Waals surface area contributed by atoms with Crippen molar-refractivity contribution in [1.82, 2.24) is 19.0 Å². The number of piperazine rings is 1. The standard InChI is InChI=1S/C21H32FN5O4/c1-8-25-14(11-28)23-16-17(15(22)19(29)24(7)18(16)25)26-9-13(3)27(10-12(26)2)20(30)31-21(4,5)6/h12-13,28H,8-11H2,1-7H3/t12-,13+/m0/s1. The van der Waals surface area contributed by atoms with E-state index in [2.05, 4.69) is 4.98 Å². The van der Waals surface area contributed by atoms with Gasteiger partial charge in [-0.2, -0.15) is 4.39 Å². The molecule has 1 aliphatic rings. The number of aliphatic hydroxyl groups excluding tert-OH is 1. The van der Waals surface area contributed by atoms with Crippen molar-refractivity contribution in [3.63, 3.8) is 0 Å². The Balaban J connectivity index is 2.08. The van der Waals surface area contributed by atoms with Gasteiger partial charge in [0.25, 0.3) is 5.56 Å². The van der Waals surface area contributed by atoms with Gasteiger partial charge in [0.1, 0.15) is 34.9 Å². The van der Waals surface area contributed by atoms with Crippen molar-refractivity contribution in [3.8, 4) is 0 Å². The maximum Gasteiger partial charge on any atom is 0.410 e. The fraction of sp³-hybridized carbons (Fsp3) is 0.667. The molecule has 1 saturated heterocycles. The third-order valence-electron chi connectivity index (χ3n) is 5.62. The summed E-state index contributed by atoms with van der Waals surface area (Å²) in [5.74, 6) is -0.516. The summed E-state index contributed by atoms with van der Waals surface area (Å²) >= 11 is 0. The Labute approximate surface area is 181 Å². The van der Waals surface area contributed by atoms with Gasteiger partial charge in [-0.15, -0.1) is 0 Å². The molecule has 0 saturated carbocycles. The molecule has 31 heavy (non-hydrogen) atoms. The number of hydrogen-bond acceptors (Lipinski definition) is 6. The molecule has 2 aromatic rings. The van der Waals surface area contributed by atoms with Crippen LogP contribution in [0.4, 0.5) is 14.9 Å². The molecule has 0 bridgehead atoms. The lowest BCUT2D eigenvalue weighted by atomic mass is 10.1. The molecule has 0 radical (unpaired) electrons. The molecule has 3 heterocycles. The van der Waals surface area contributed by atoms with E-state index in [1.807, 2.05) is 41.5 Å². The van der Waals surface area contributed by atoms with Gasteiger partial charge in [-0.25, -0.2) is 9.78 Å². The van der Waals surface area contributed by atoms with E-state index in [-0.39, 0.29) is 24.4 Å². The first-order chi connectivity index (χ1) is 14.4. The molecule has 10 heteroatoms. The third kappa shape index (κ3) is 4.00. The van der Waals surface area contributed by atoms with Crippen molar-refractivity contribution in [3.05, 3.63) is 22.0 Å². The smallest absolute Gasteiger partial charge is 0.410 e. The first-order valence-corrected chi connectivity index (χ1v) is 10.6. The monoisotopic (exact) mass is 437 g/mol. The van der Waals surface area contributed by atoms with Gasteiger partial charge in [-0.05, 0) is 41.5 Å². The van der Waals surface area contributed by atoms with Gasteiger partial charge in [-0.1, -0.05) is 0 Å². The molecule has 0 spiro atoms. The molecular formula is C21H32FN5O4. The topological polar surface area (TPSA) is 92.8 Å². The zero-order chi connectivity index (χ0) is 23.2. The molecule has 1 amide bonds. The minimum absolute atomic E-state index is 0.114. The second-order valence-electron chi connectivity index (χ2n) is 9.11. The molecule has 1 N–H and O–H groups in total. The number of pyridine rings is 1. The van der Waals surface area contributed by atoms with Crippen LogP contribution in [-0.2, 0) is 24.9 Å². The molecule has 1 fully saturated rings. The van der Waals surface area contributed by atoms with Gasteiger partial charge in [0, 0.05) is 38.8 Å². The van der Waals surface area contributed by atoms with Crippen molar-refractivity contribution in [1.29, 1.82) is 0 Å². The number of rotatable bonds is 3. The van der Waals surface area contributed by atoms with E-state index >= 15 is 4.39 Å². The maximum atomic E-state index is 15.3. The summed E-state index contributed by atoms with van der Waals surface area (Å²) in [5, 5.41) is 9.73. The van der Waals surface area contributed by atoms with Crippen molar-refractivity contribution in [2.45, 2.75) is 72.4 Å². The Morgan fingerprint density at radius 1 is 1.26 bits per heavy atom. The number of imidazole rings is 1. The van der Waals surface area contributed by atoms with Crippen LogP contribution < -0.4 is 10.5 Å². The number of nitrogens with zero attached hydrogens (tertiary/aromatic N) is 5. The van der Waals surface area contributed by atoms with Crippen molar-refractivity contribution in [2.24, 2.45) is 7.05 Å². The van der Waals surface area contributed by atoms with Crippen LogP contribution in [-0.4, -0.2) is 61.0 Å². The lowest BCUT2D eigenvalue weighted by molar-refractivity contribution is 0.0130. The number of hydrogen-bond donors (Lipinski definition) is 1. The Bertz CT molecular complexity index is 1050. The predicted octanol–water partition coefficient (Wildman–Crippen LogP) is 2.22. The van der Waals surface area contributed by atoms with Crippen LogP contribution in [0, 0.1) is 5.82 Å². The van der Waals surface area contributed by atoms with E-state index in [4.69, 9.17) is 4.74 Å². The zero-order valence-corrected chi connectivity index (χ0v) is 19.3. The Hall–Kier alpha value is -2.62. The average molecular weight is 438 g/mol. The molecule has 2 atom stereocenters. The number of anilines is 1. The SMILES string of the molecule is CCn1c(CO)nc2c(N3C[C@@H](C)N(C(=O)OC(C)(C)C)C[C@@H]3C)c(F)c(=O)n(C)c21. The number of carbonyl (C=O) groups is 1. The number of ether oxygens (including phenoxy) is 1. The highest BCUT2D eigenvalue weighted by Crippen LogP contribution is 2.32. The van der Waals surface area contributed by atoms with Crippen LogP contribution in [0.2, 0.25) is 0 Å². The molecule has 3 rings (SSSR count). The number of halogens is 1. The zero-order valence-electron chi connectivity index (χ0n) is 19.3. The summed E-state index contributed by atoms with van der Waals surface area (Å²) in [4.78, 5) is 33.2. The quantitative estimate of drug-likeness (QED) is 0.792. The molecule has 2 aromatic heterocycles. The third-order valence-corrected chi connectivity index (χ3v) is 5.62. The van der Waals surface area contributed by atoms with Crippen LogP contribution in [0.1, 0.15) is 47.4 Å². The summed E-state index contributed by atoms with van der Waals surface area (Å²) in [7, 11) is 1.50. The van der Waals surface area contributed by atoms with Crippen molar-refractivity contribution in [2.75, 3.05) is 18.0 Å². The van der Waals surface area contributed by atoms with E-state index < -0.39 is 23.1 Å². The molecule has 172 valence electrons. The van der Waals surface area contributed by atoms with Gasteiger partial charge >= 0.3 is 6.09 Å². The lowest BCUT2D eigenvalue weighted by Gasteiger charge is -2.45. The summed E-state index contributed by atoms with van der Waals surface area (Å²) in [6.45, 7) is 11.8. The average Bonchev–Trinajstić information content (AvgIpc) is 3.05. The fourth-order valence-electron chi connectivity index (χ4n) is 4.17. The Kier molecular flexibility index (Phi) is 6.05. The molecule has 0 unspecified atom stereocenters. The number of amides is 1.